The summed E-state index contributed by atoms with van der Waals surface area (Å²) in [6, 6.07) is 0.627. The zero-order valence-electron chi connectivity index (χ0n) is 8.18. The zero-order valence-corrected chi connectivity index (χ0v) is 8.18. The van der Waals surface area contributed by atoms with Crippen LogP contribution in [0.15, 0.2) is 0 Å². The molecule has 5 N–H and O–H groups in total. The van der Waals surface area contributed by atoms with Gasteiger partial charge in [-0.2, -0.15) is 0 Å². The molecule has 0 saturated heterocycles. The summed E-state index contributed by atoms with van der Waals surface area (Å²) in [7, 11) is 0. The van der Waals surface area contributed by atoms with Crippen molar-refractivity contribution in [2.75, 3.05) is 19.6 Å². The first-order chi connectivity index (χ1) is 5.85. The van der Waals surface area contributed by atoms with E-state index in [0.717, 1.165) is 26.1 Å². The Bertz CT molecular complexity index is 77.8. The highest BCUT2D eigenvalue weighted by atomic mass is 14.9. The molecule has 0 aromatic rings. The molecule has 74 valence electrons. The van der Waals surface area contributed by atoms with Crippen molar-refractivity contribution in [1.82, 2.24) is 5.32 Å². The highest BCUT2D eigenvalue weighted by molar-refractivity contribution is 4.66. The van der Waals surface area contributed by atoms with Crippen LogP contribution in [0.25, 0.3) is 0 Å². The molecular weight excluding hydrogens is 150 g/mol. The molecule has 0 aliphatic carbocycles. The lowest BCUT2D eigenvalue weighted by Gasteiger charge is -2.16. The van der Waals surface area contributed by atoms with Gasteiger partial charge in [0, 0.05) is 19.1 Å². The summed E-state index contributed by atoms with van der Waals surface area (Å²) in [5, 5.41) is 3.42. The topological polar surface area (TPSA) is 64.1 Å². The quantitative estimate of drug-likeness (QED) is 0.499. The molecule has 0 bridgehead atoms. The third-order valence-corrected chi connectivity index (χ3v) is 1.97. The van der Waals surface area contributed by atoms with Crippen molar-refractivity contribution in [3.05, 3.63) is 0 Å². The van der Waals surface area contributed by atoms with Crippen molar-refractivity contribution in [3.8, 4) is 0 Å². The SMILES string of the molecule is CCCC(CCCN)NCCN. The first-order valence-corrected chi connectivity index (χ1v) is 4.98. The standard InChI is InChI=1S/C9H23N3/c1-2-4-9(5-3-6-10)12-8-7-11/h9,12H,2-8,10-11H2,1H3. The van der Waals surface area contributed by atoms with Gasteiger partial charge in [0.2, 0.25) is 0 Å². The first-order valence-electron chi connectivity index (χ1n) is 4.98. The lowest BCUT2D eigenvalue weighted by atomic mass is 10.1. The van der Waals surface area contributed by atoms with E-state index in [2.05, 4.69) is 12.2 Å². The summed E-state index contributed by atoms with van der Waals surface area (Å²) < 4.78 is 0. The van der Waals surface area contributed by atoms with Crippen LogP contribution in [0.2, 0.25) is 0 Å². The van der Waals surface area contributed by atoms with E-state index in [1.807, 2.05) is 0 Å². The lowest BCUT2D eigenvalue weighted by molar-refractivity contribution is 0.445. The molecule has 0 heterocycles. The fraction of sp³-hybridized carbons (Fsp3) is 1.00. The first kappa shape index (κ1) is 11.9. The summed E-state index contributed by atoms with van der Waals surface area (Å²) in [5.74, 6) is 0. The van der Waals surface area contributed by atoms with Crippen molar-refractivity contribution in [3.63, 3.8) is 0 Å². The zero-order chi connectivity index (χ0) is 9.23. The Hall–Kier alpha value is -0.120. The monoisotopic (exact) mass is 173 g/mol. The summed E-state index contributed by atoms with van der Waals surface area (Å²) in [5.41, 5.74) is 10.9. The Morgan fingerprint density at radius 2 is 1.92 bits per heavy atom. The van der Waals surface area contributed by atoms with E-state index >= 15 is 0 Å². The molecular formula is C9H23N3. The molecule has 0 aliphatic rings. The van der Waals surface area contributed by atoms with Crippen LogP contribution in [0.3, 0.4) is 0 Å². The molecule has 0 fully saturated rings. The van der Waals surface area contributed by atoms with Gasteiger partial charge < -0.3 is 16.8 Å². The summed E-state index contributed by atoms with van der Waals surface area (Å²) in [6.45, 7) is 4.65. The Morgan fingerprint density at radius 1 is 1.17 bits per heavy atom. The fourth-order valence-corrected chi connectivity index (χ4v) is 1.35. The molecule has 0 aliphatic heterocycles. The van der Waals surface area contributed by atoms with E-state index < -0.39 is 0 Å². The third kappa shape index (κ3) is 6.58. The van der Waals surface area contributed by atoms with Crippen LogP contribution < -0.4 is 16.8 Å². The second kappa shape index (κ2) is 8.97. The predicted octanol–water partition coefficient (Wildman–Crippen LogP) is 0.442. The Kier molecular flexibility index (Phi) is 8.88. The van der Waals surface area contributed by atoms with Gasteiger partial charge in [-0.25, -0.2) is 0 Å². The second-order valence-corrected chi connectivity index (χ2v) is 3.16. The minimum Gasteiger partial charge on any atom is -0.330 e. The van der Waals surface area contributed by atoms with E-state index in [1.54, 1.807) is 0 Å². The highest BCUT2D eigenvalue weighted by Crippen LogP contribution is 2.03. The van der Waals surface area contributed by atoms with Gasteiger partial charge in [-0.15, -0.1) is 0 Å². The van der Waals surface area contributed by atoms with Gasteiger partial charge in [0.25, 0.3) is 0 Å². The third-order valence-electron chi connectivity index (χ3n) is 1.97. The molecule has 0 aromatic carbocycles. The van der Waals surface area contributed by atoms with Gasteiger partial charge >= 0.3 is 0 Å². The van der Waals surface area contributed by atoms with Crippen molar-refractivity contribution >= 4 is 0 Å². The van der Waals surface area contributed by atoms with Crippen LogP contribution in [0, 0.1) is 0 Å². The van der Waals surface area contributed by atoms with E-state index in [-0.39, 0.29) is 0 Å². The molecule has 1 atom stereocenters. The number of hydrogen-bond acceptors (Lipinski definition) is 3. The molecule has 0 saturated carbocycles. The maximum absolute atomic E-state index is 5.45. The predicted molar refractivity (Wildman–Crippen MR) is 54.0 cm³/mol. The van der Waals surface area contributed by atoms with Crippen LogP contribution in [0.5, 0.6) is 0 Å². The molecule has 0 rings (SSSR count). The molecule has 0 radical (unpaired) electrons. The van der Waals surface area contributed by atoms with Crippen LogP contribution >= 0.6 is 0 Å². The Labute approximate surface area is 75.9 Å². The molecule has 0 spiro atoms. The molecule has 3 heteroatoms. The van der Waals surface area contributed by atoms with Crippen molar-refractivity contribution in [2.24, 2.45) is 11.5 Å². The van der Waals surface area contributed by atoms with E-state index in [4.69, 9.17) is 11.5 Å². The molecule has 0 amide bonds. The van der Waals surface area contributed by atoms with Crippen molar-refractivity contribution < 1.29 is 0 Å². The van der Waals surface area contributed by atoms with Crippen molar-refractivity contribution in [2.45, 2.75) is 38.6 Å². The van der Waals surface area contributed by atoms with Gasteiger partial charge in [0.1, 0.15) is 0 Å². The van der Waals surface area contributed by atoms with Gasteiger partial charge in [-0.05, 0) is 25.8 Å². The second-order valence-electron chi connectivity index (χ2n) is 3.16. The number of nitrogens with two attached hydrogens (primary N) is 2. The molecule has 12 heavy (non-hydrogen) atoms. The highest BCUT2D eigenvalue weighted by Gasteiger charge is 2.04. The molecule has 3 nitrogen and oxygen atoms in total. The maximum Gasteiger partial charge on any atom is 0.00770 e. The largest absolute Gasteiger partial charge is 0.330 e. The minimum absolute atomic E-state index is 0.627. The van der Waals surface area contributed by atoms with Crippen molar-refractivity contribution in [1.29, 1.82) is 0 Å². The Morgan fingerprint density at radius 3 is 2.42 bits per heavy atom. The van der Waals surface area contributed by atoms with E-state index in [0.29, 0.717) is 6.04 Å². The molecule has 0 aromatic heterocycles. The average molecular weight is 173 g/mol. The number of rotatable bonds is 8. The van der Waals surface area contributed by atoms with E-state index in [9.17, 15) is 0 Å². The fourth-order valence-electron chi connectivity index (χ4n) is 1.35. The van der Waals surface area contributed by atoms with Crippen LogP contribution in [-0.4, -0.2) is 25.7 Å². The maximum atomic E-state index is 5.45. The number of nitrogens with one attached hydrogen (secondary N) is 1. The lowest BCUT2D eigenvalue weighted by Crippen LogP contribution is -2.33. The van der Waals surface area contributed by atoms with Gasteiger partial charge in [0.15, 0.2) is 0 Å². The van der Waals surface area contributed by atoms with Crippen LogP contribution in [0.1, 0.15) is 32.6 Å². The summed E-state index contributed by atoms with van der Waals surface area (Å²) in [4.78, 5) is 0. The van der Waals surface area contributed by atoms with E-state index in [1.165, 1.54) is 19.3 Å². The minimum atomic E-state index is 0.627. The van der Waals surface area contributed by atoms with Gasteiger partial charge in [0.05, 0.1) is 0 Å². The number of hydrogen-bond donors (Lipinski definition) is 3. The normalized spacial score (nSPS) is 13.2. The average Bonchev–Trinajstić information content (AvgIpc) is 2.10. The van der Waals surface area contributed by atoms with Gasteiger partial charge in [-0.3, -0.25) is 0 Å². The Balaban J connectivity index is 3.40. The molecule has 1 unspecified atom stereocenters. The smallest absolute Gasteiger partial charge is 0.00770 e. The van der Waals surface area contributed by atoms with Crippen LogP contribution in [-0.2, 0) is 0 Å². The van der Waals surface area contributed by atoms with Gasteiger partial charge in [-0.1, -0.05) is 13.3 Å². The summed E-state index contributed by atoms with van der Waals surface area (Å²) >= 11 is 0. The van der Waals surface area contributed by atoms with Crippen LogP contribution in [0.4, 0.5) is 0 Å². The summed E-state index contributed by atoms with van der Waals surface area (Å²) in [6.07, 6.45) is 4.76.